The zero-order chi connectivity index (χ0) is 15.4. The van der Waals surface area contributed by atoms with Crippen LogP contribution in [-0.4, -0.2) is 36.6 Å². The van der Waals surface area contributed by atoms with Crippen LogP contribution in [0.4, 0.5) is 0 Å². The van der Waals surface area contributed by atoms with Crippen LogP contribution in [0.2, 0.25) is 5.02 Å². The monoisotopic (exact) mass is 317 g/mol. The molecule has 3 nitrogen and oxygen atoms in total. The average molecular weight is 318 g/mol. The molecule has 0 atom stereocenters. The van der Waals surface area contributed by atoms with Crippen molar-refractivity contribution in [3.05, 3.63) is 41.0 Å². The summed E-state index contributed by atoms with van der Waals surface area (Å²) in [6.07, 6.45) is 5.76. The molecule has 4 heteroatoms. The SMILES string of the molecule is CNCCC1CCN(Cc2cc(Cl)cc3cccnc23)CC1. The Morgan fingerprint density at radius 1 is 1.32 bits per heavy atom. The van der Waals surface area contributed by atoms with E-state index < -0.39 is 0 Å². The Bertz CT molecular complexity index is 621. The number of pyridine rings is 1. The molecule has 0 bridgehead atoms. The van der Waals surface area contributed by atoms with Gasteiger partial charge in [0, 0.05) is 23.2 Å². The molecule has 1 aromatic heterocycles. The maximum atomic E-state index is 6.27. The molecule has 0 unspecified atom stereocenters. The largest absolute Gasteiger partial charge is 0.320 e. The second kappa shape index (κ2) is 7.40. The maximum absolute atomic E-state index is 6.27. The fourth-order valence-electron chi connectivity index (χ4n) is 3.37. The van der Waals surface area contributed by atoms with Crippen LogP contribution in [0, 0.1) is 5.92 Å². The first-order valence-electron chi connectivity index (χ1n) is 8.16. The summed E-state index contributed by atoms with van der Waals surface area (Å²) in [6.45, 7) is 4.44. The Morgan fingerprint density at radius 2 is 2.14 bits per heavy atom. The van der Waals surface area contributed by atoms with E-state index >= 15 is 0 Å². The molecular weight excluding hydrogens is 294 g/mol. The van der Waals surface area contributed by atoms with E-state index in [1.807, 2.05) is 25.4 Å². The minimum atomic E-state index is 0.805. The molecule has 118 valence electrons. The molecule has 2 heterocycles. The molecule has 0 radical (unpaired) electrons. The van der Waals surface area contributed by atoms with E-state index in [2.05, 4.69) is 27.3 Å². The normalized spacial score (nSPS) is 17.2. The van der Waals surface area contributed by atoms with E-state index in [1.165, 1.54) is 37.9 Å². The van der Waals surface area contributed by atoms with Gasteiger partial charge in [-0.3, -0.25) is 9.88 Å². The van der Waals surface area contributed by atoms with E-state index in [0.717, 1.165) is 34.9 Å². The minimum Gasteiger partial charge on any atom is -0.320 e. The summed E-state index contributed by atoms with van der Waals surface area (Å²) in [5.74, 6) is 0.873. The average Bonchev–Trinajstić information content (AvgIpc) is 2.54. The number of piperidine rings is 1. The summed E-state index contributed by atoms with van der Waals surface area (Å²) < 4.78 is 0. The van der Waals surface area contributed by atoms with E-state index in [1.54, 1.807) is 0 Å². The summed E-state index contributed by atoms with van der Waals surface area (Å²) in [4.78, 5) is 7.09. The van der Waals surface area contributed by atoms with E-state index in [4.69, 9.17) is 11.6 Å². The Balaban J connectivity index is 1.67. The first kappa shape index (κ1) is 15.7. The molecule has 1 aromatic carbocycles. The van der Waals surface area contributed by atoms with Gasteiger partial charge in [-0.15, -0.1) is 0 Å². The Labute approximate surface area is 137 Å². The lowest BCUT2D eigenvalue weighted by Gasteiger charge is -2.32. The van der Waals surface area contributed by atoms with E-state index in [9.17, 15) is 0 Å². The zero-order valence-electron chi connectivity index (χ0n) is 13.2. The number of fused-ring (bicyclic) bond motifs is 1. The van der Waals surface area contributed by atoms with E-state index in [-0.39, 0.29) is 0 Å². The lowest BCUT2D eigenvalue weighted by molar-refractivity contribution is 0.173. The predicted octanol–water partition coefficient (Wildman–Crippen LogP) is 3.71. The number of rotatable bonds is 5. The number of aromatic nitrogens is 1. The van der Waals surface area contributed by atoms with Crippen LogP contribution >= 0.6 is 11.6 Å². The number of hydrogen-bond acceptors (Lipinski definition) is 3. The number of halogens is 1. The smallest absolute Gasteiger partial charge is 0.0747 e. The van der Waals surface area contributed by atoms with Gasteiger partial charge < -0.3 is 5.32 Å². The summed E-state index contributed by atoms with van der Waals surface area (Å²) in [6, 6.07) is 8.12. The summed E-state index contributed by atoms with van der Waals surface area (Å²) >= 11 is 6.27. The number of benzene rings is 1. The molecular formula is C18H24ClN3. The van der Waals surface area contributed by atoms with Crippen LogP contribution in [0.15, 0.2) is 30.5 Å². The van der Waals surface area contributed by atoms with Crippen LogP contribution in [0.3, 0.4) is 0 Å². The first-order valence-corrected chi connectivity index (χ1v) is 8.54. The van der Waals surface area contributed by atoms with Crippen LogP contribution in [0.5, 0.6) is 0 Å². The highest BCUT2D eigenvalue weighted by atomic mass is 35.5. The van der Waals surface area contributed by atoms with Crippen molar-refractivity contribution < 1.29 is 0 Å². The van der Waals surface area contributed by atoms with E-state index in [0.29, 0.717) is 0 Å². The molecule has 1 N–H and O–H groups in total. The zero-order valence-corrected chi connectivity index (χ0v) is 13.9. The highest BCUT2D eigenvalue weighted by Gasteiger charge is 2.19. The number of nitrogens with zero attached hydrogens (tertiary/aromatic N) is 2. The van der Waals surface area contributed by atoms with Crippen LogP contribution in [0.25, 0.3) is 10.9 Å². The van der Waals surface area contributed by atoms with Gasteiger partial charge >= 0.3 is 0 Å². The van der Waals surface area contributed by atoms with Crippen LogP contribution in [0.1, 0.15) is 24.8 Å². The molecule has 0 spiro atoms. The molecule has 0 aliphatic carbocycles. The lowest BCUT2D eigenvalue weighted by atomic mass is 9.93. The van der Waals surface area contributed by atoms with Crippen molar-refractivity contribution in [1.29, 1.82) is 0 Å². The van der Waals surface area contributed by atoms with Crippen LogP contribution < -0.4 is 5.32 Å². The highest BCUT2D eigenvalue weighted by molar-refractivity contribution is 6.31. The quantitative estimate of drug-likeness (QED) is 0.911. The highest BCUT2D eigenvalue weighted by Crippen LogP contribution is 2.26. The standard InChI is InChI=1S/C18H24ClN3/c1-20-8-4-14-5-9-22(10-6-14)13-16-12-17(19)11-15-3-2-7-21-18(15)16/h2-3,7,11-12,14,20H,4-6,8-10,13H2,1H3. The van der Waals surface area contributed by atoms with Crippen molar-refractivity contribution in [2.45, 2.75) is 25.8 Å². The predicted molar refractivity (Wildman–Crippen MR) is 93.3 cm³/mol. The van der Waals surface area contributed by atoms with Gasteiger partial charge in [-0.2, -0.15) is 0 Å². The summed E-state index contributed by atoms with van der Waals surface area (Å²) in [5, 5.41) is 5.19. The van der Waals surface area contributed by atoms with Gasteiger partial charge in [0.25, 0.3) is 0 Å². The third-order valence-electron chi connectivity index (χ3n) is 4.65. The molecule has 22 heavy (non-hydrogen) atoms. The van der Waals surface area contributed by atoms with Gasteiger partial charge in [-0.1, -0.05) is 17.7 Å². The van der Waals surface area contributed by atoms with Gasteiger partial charge in [0.1, 0.15) is 0 Å². The Hall–Kier alpha value is -1.16. The second-order valence-electron chi connectivity index (χ2n) is 6.25. The first-order chi connectivity index (χ1) is 10.8. The third kappa shape index (κ3) is 3.78. The molecule has 1 saturated heterocycles. The molecule has 3 rings (SSSR count). The topological polar surface area (TPSA) is 28.2 Å². The fraction of sp³-hybridized carbons (Fsp3) is 0.500. The van der Waals surface area contributed by atoms with Crippen molar-refractivity contribution in [2.24, 2.45) is 5.92 Å². The van der Waals surface area contributed by atoms with Gasteiger partial charge in [0.2, 0.25) is 0 Å². The van der Waals surface area contributed by atoms with Crippen molar-refractivity contribution >= 4 is 22.5 Å². The summed E-state index contributed by atoms with van der Waals surface area (Å²) in [7, 11) is 2.03. The fourth-order valence-corrected chi connectivity index (χ4v) is 3.62. The third-order valence-corrected chi connectivity index (χ3v) is 4.87. The minimum absolute atomic E-state index is 0.805. The number of hydrogen-bond donors (Lipinski definition) is 1. The van der Waals surface area contributed by atoms with Crippen LogP contribution in [-0.2, 0) is 6.54 Å². The summed E-state index contributed by atoms with van der Waals surface area (Å²) in [5.41, 5.74) is 2.33. The Kier molecular flexibility index (Phi) is 5.29. The van der Waals surface area contributed by atoms with Gasteiger partial charge in [-0.05, 0) is 75.6 Å². The second-order valence-corrected chi connectivity index (χ2v) is 6.69. The lowest BCUT2D eigenvalue weighted by Crippen LogP contribution is -2.34. The van der Waals surface area contributed by atoms with Crippen molar-refractivity contribution in [2.75, 3.05) is 26.7 Å². The maximum Gasteiger partial charge on any atom is 0.0747 e. The molecule has 1 aliphatic rings. The molecule has 1 aliphatic heterocycles. The van der Waals surface area contributed by atoms with Gasteiger partial charge in [0.15, 0.2) is 0 Å². The molecule has 0 amide bonds. The number of likely N-dealkylation sites (tertiary alicyclic amines) is 1. The number of nitrogens with one attached hydrogen (secondary N) is 1. The molecule has 0 saturated carbocycles. The van der Waals surface area contributed by atoms with Crippen molar-refractivity contribution in [3.8, 4) is 0 Å². The van der Waals surface area contributed by atoms with Crippen molar-refractivity contribution in [1.82, 2.24) is 15.2 Å². The molecule has 1 fully saturated rings. The molecule has 2 aromatic rings. The van der Waals surface area contributed by atoms with Crippen molar-refractivity contribution in [3.63, 3.8) is 0 Å². The van der Waals surface area contributed by atoms with Gasteiger partial charge in [0.05, 0.1) is 5.52 Å². The Morgan fingerprint density at radius 3 is 2.91 bits per heavy atom. The van der Waals surface area contributed by atoms with Gasteiger partial charge in [-0.25, -0.2) is 0 Å².